The Morgan fingerprint density at radius 2 is 2.04 bits per heavy atom. The molecule has 134 valence electrons. The van der Waals surface area contributed by atoms with Crippen LogP contribution in [0.3, 0.4) is 0 Å². The monoisotopic (exact) mass is 346 g/mol. The third-order valence-electron chi connectivity index (χ3n) is 3.96. The summed E-state index contributed by atoms with van der Waals surface area (Å²) in [7, 11) is 1.60. The van der Waals surface area contributed by atoms with Crippen LogP contribution in [0.1, 0.15) is 12.0 Å². The maximum absolute atomic E-state index is 13.6. The first kappa shape index (κ1) is 18.5. The van der Waals surface area contributed by atoms with E-state index >= 15 is 0 Å². The van der Waals surface area contributed by atoms with Gasteiger partial charge in [0.15, 0.2) is 5.96 Å². The van der Waals surface area contributed by atoms with Gasteiger partial charge >= 0.3 is 6.18 Å². The Labute approximate surface area is 138 Å². The molecular formula is C16H22F4N4. The summed E-state index contributed by atoms with van der Waals surface area (Å²) in [6.45, 7) is 0.830. The molecular weight excluding hydrogens is 324 g/mol. The molecule has 0 radical (unpaired) electrons. The number of nitrogens with one attached hydrogen (secondary N) is 2. The summed E-state index contributed by atoms with van der Waals surface area (Å²) >= 11 is 0. The highest BCUT2D eigenvalue weighted by molar-refractivity contribution is 5.79. The van der Waals surface area contributed by atoms with Crippen LogP contribution in [0.2, 0.25) is 0 Å². The Morgan fingerprint density at radius 3 is 2.71 bits per heavy atom. The van der Waals surface area contributed by atoms with Crippen molar-refractivity contribution >= 4 is 5.96 Å². The molecule has 1 fully saturated rings. The van der Waals surface area contributed by atoms with Crippen LogP contribution >= 0.6 is 0 Å². The first-order chi connectivity index (χ1) is 11.4. The van der Waals surface area contributed by atoms with E-state index < -0.39 is 12.7 Å². The van der Waals surface area contributed by atoms with Crippen molar-refractivity contribution in [3.63, 3.8) is 0 Å². The van der Waals surface area contributed by atoms with Gasteiger partial charge in [-0.15, -0.1) is 0 Å². The Kier molecular flexibility index (Phi) is 6.42. The summed E-state index contributed by atoms with van der Waals surface area (Å²) in [4.78, 5) is 5.47. The number of hydrogen-bond donors (Lipinski definition) is 2. The lowest BCUT2D eigenvalue weighted by Crippen LogP contribution is -2.40. The highest BCUT2D eigenvalue weighted by atomic mass is 19.4. The number of likely N-dealkylation sites (tertiary alicyclic amines) is 1. The van der Waals surface area contributed by atoms with Crippen LogP contribution in [0.4, 0.5) is 17.6 Å². The normalized spacial score (nSPS) is 19.5. The highest BCUT2D eigenvalue weighted by Crippen LogP contribution is 2.22. The fraction of sp³-hybridized carbons (Fsp3) is 0.562. The SMILES string of the molecule is CN=C(NCc1ccccc1F)NCC1CCN(CC(F)(F)F)C1. The van der Waals surface area contributed by atoms with Gasteiger partial charge < -0.3 is 10.6 Å². The van der Waals surface area contributed by atoms with Crippen molar-refractivity contribution in [2.75, 3.05) is 33.2 Å². The zero-order valence-electron chi connectivity index (χ0n) is 13.5. The molecule has 2 rings (SSSR count). The molecule has 0 amide bonds. The van der Waals surface area contributed by atoms with E-state index in [2.05, 4.69) is 15.6 Å². The Hall–Kier alpha value is -1.83. The van der Waals surface area contributed by atoms with Crippen molar-refractivity contribution in [2.45, 2.75) is 19.1 Å². The first-order valence-corrected chi connectivity index (χ1v) is 7.84. The highest BCUT2D eigenvalue weighted by Gasteiger charge is 2.34. The minimum Gasteiger partial charge on any atom is -0.356 e. The van der Waals surface area contributed by atoms with Crippen molar-refractivity contribution in [2.24, 2.45) is 10.9 Å². The Morgan fingerprint density at radius 1 is 1.29 bits per heavy atom. The van der Waals surface area contributed by atoms with Crippen LogP contribution in [-0.2, 0) is 6.54 Å². The molecule has 1 atom stereocenters. The van der Waals surface area contributed by atoms with Gasteiger partial charge in [0.05, 0.1) is 6.54 Å². The van der Waals surface area contributed by atoms with E-state index in [-0.39, 0.29) is 18.3 Å². The standard InChI is InChI=1S/C16H22F4N4/c1-21-15(23-9-13-4-2-3-5-14(13)17)22-8-12-6-7-24(10-12)11-16(18,19)20/h2-5,12H,6-11H2,1H3,(H2,21,22,23). The molecule has 2 N–H and O–H groups in total. The van der Waals surface area contributed by atoms with Gasteiger partial charge in [0, 0.05) is 32.2 Å². The number of benzene rings is 1. The number of rotatable bonds is 5. The van der Waals surface area contributed by atoms with Crippen molar-refractivity contribution in [1.29, 1.82) is 0 Å². The van der Waals surface area contributed by atoms with Gasteiger partial charge in [0.1, 0.15) is 5.82 Å². The van der Waals surface area contributed by atoms with Gasteiger partial charge in [-0.2, -0.15) is 13.2 Å². The van der Waals surface area contributed by atoms with E-state index in [4.69, 9.17) is 0 Å². The number of aliphatic imine (C=N–C) groups is 1. The molecule has 1 aromatic rings. The van der Waals surface area contributed by atoms with Crippen molar-refractivity contribution in [3.05, 3.63) is 35.6 Å². The van der Waals surface area contributed by atoms with Gasteiger partial charge in [-0.25, -0.2) is 4.39 Å². The van der Waals surface area contributed by atoms with E-state index in [1.807, 2.05) is 0 Å². The minimum atomic E-state index is -4.15. The van der Waals surface area contributed by atoms with E-state index in [0.29, 0.717) is 37.6 Å². The lowest BCUT2D eigenvalue weighted by Gasteiger charge is -2.18. The van der Waals surface area contributed by atoms with Gasteiger partial charge in [-0.1, -0.05) is 18.2 Å². The number of halogens is 4. The molecule has 1 heterocycles. The topological polar surface area (TPSA) is 39.7 Å². The predicted molar refractivity (Wildman–Crippen MR) is 85.2 cm³/mol. The smallest absolute Gasteiger partial charge is 0.356 e. The van der Waals surface area contributed by atoms with E-state index in [9.17, 15) is 17.6 Å². The fourth-order valence-electron chi connectivity index (χ4n) is 2.76. The number of alkyl halides is 3. The second kappa shape index (κ2) is 8.32. The average molecular weight is 346 g/mol. The molecule has 8 heteroatoms. The quantitative estimate of drug-likeness (QED) is 0.489. The molecule has 1 unspecified atom stereocenters. The van der Waals surface area contributed by atoms with Crippen LogP contribution in [0.25, 0.3) is 0 Å². The summed E-state index contributed by atoms with van der Waals surface area (Å²) < 4.78 is 50.7. The molecule has 1 aliphatic rings. The second-order valence-electron chi connectivity index (χ2n) is 5.90. The Bertz CT molecular complexity index is 559. The van der Waals surface area contributed by atoms with Crippen LogP contribution in [0.15, 0.2) is 29.3 Å². The number of nitrogens with zero attached hydrogens (tertiary/aromatic N) is 2. The van der Waals surface area contributed by atoms with Crippen LogP contribution in [0.5, 0.6) is 0 Å². The largest absolute Gasteiger partial charge is 0.401 e. The molecule has 0 aliphatic carbocycles. The van der Waals surface area contributed by atoms with Crippen LogP contribution < -0.4 is 10.6 Å². The maximum Gasteiger partial charge on any atom is 0.401 e. The third-order valence-corrected chi connectivity index (χ3v) is 3.96. The van der Waals surface area contributed by atoms with Gasteiger partial charge in [0.2, 0.25) is 0 Å². The summed E-state index contributed by atoms with van der Waals surface area (Å²) in [5, 5.41) is 6.10. The second-order valence-corrected chi connectivity index (χ2v) is 5.90. The molecule has 0 aromatic heterocycles. The lowest BCUT2D eigenvalue weighted by atomic mass is 10.1. The van der Waals surface area contributed by atoms with Crippen LogP contribution in [0, 0.1) is 11.7 Å². The minimum absolute atomic E-state index is 0.138. The predicted octanol–water partition coefficient (Wildman–Crippen LogP) is 2.37. The molecule has 24 heavy (non-hydrogen) atoms. The van der Waals surface area contributed by atoms with Crippen molar-refractivity contribution in [3.8, 4) is 0 Å². The lowest BCUT2D eigenvalue weighted by molar-refractivity contribution is -0.143. The molecule has 4 nitrogen and oxygen atoms in total. The molecule has 1 aliphatic heterocycles. The van der Waals surface area contributed by atoms with E-state index in [1.54, 1.807) is 25.2 Å². The number of hydrogen-bond acceptors (Lipinski definition) is 2. The van der Waals surface area contributed by atoms with Crippen LogP contribution in [-0.4, -0.2) is 50.3 Å². The summed E-state index contributed by atoms with van der Waals surface area (Å²) in [6, 6.07) is 6.45. The summed E-state index contributed by atoms with van der Waals surface area (Å²) in [5.74, 6) is 0.353. The van der Waals surface area contributed by atoms with Gasteiger partial charge in [0.25, 0.3) is 0 Å². The first-order valence-electron chi connectivity index (χ1n) is 7.84. The Balaban J connectivity index is 1.73. The maximum atomic E-state index is 13.6. The van der Waals surface area contributed by atoms with Crippen molar-refractivity contribution < 1.29 is 17.6 Å². The van der Waals surface area contributed by atoms with E-state index in [0.717, 1.165) is 0 Å². The summed E-state index contributed by atoms with van der Waals surface area (Å²) in [6.07, 6.45) is -3.44. The molecule has 0 spiro atoms. The zero-order chi connectivity index (χ0) is 17.6. The molecule has 1 saturated heterocycles. The van der Waals surface area contributed by atoms with Gasteiger partial charge in [-0.3, -0.25) is 9.89 Å². The molecule has 0 saturated carbocycles. The van der Waals surface area contributed by atoms with Crippen molar-refractivity contribution in [1.82, 2.24) is 15.5 Å². The van der Waals surface area contributed by atoms with Gasteiger partial charge in [-0.05, 0) is 24.9 Å². The molecule has 1 aromatic carbocycles. The van der Waals surface area contributed by atoms with E-state index in [1.165, 1.54) is 11.0 Å². The third kappa shape index (κ3) is 5.99. The number of guanidine groups is 1. The molecule has 0 bridgehead atoms. The zero-order valence-corrected chi connectivity index (χ0v) is 13.5. The average Bonchev–Trinajstić information content (AvgIpc) is 2.94. The summed E-state index contributed by atoms with van der Waals surface area (Å²) in [5.41, 5.74) is 0.526. The fourth-order valence-corrected chi connectivity index (χ4v) is 2.76.